The first kappa shape index (κ1) is 22.1. The summed E-state index contributed by atoms with van der Waals surface area (Å²) >= 11 is 6.00. The number of benzene rings is 2. The van der Waals surface area contributed by atoms with Crippen LogP contribution in [0.15, 0.2) is 47.4 Å². The third-order valence-electron chi connectivity index (χ3n) is 4.85. The van der Waals surface area contributed by atoms with Gasteiger partial charge in [-0.1, -0.05) is 17.7 Å². The summed E-state index contributed by atoms with van der Waals surface area (Å²) in [6.45, 7) is 2.59. The predicted octanol–water partition coefficient (Wildman–Crippen LogP) is 3.97. The van der Waals surface area contributed by atoms with Gasteiger partial charge in [0.2, 0.25) is 10.0 Å². The molecule has 0 radical (unpaired) electrons. The van der Waals surface area contributed by atoms with Gasteiger partial charge in [0.05, 0.1) is 22.4 Å². The maximum absolute atomic E-state index is 12.9. The Morgan fingerprint density at radius 3 is 2.47 bits per heavy atom. The van der Waals surface area contributed by atoms with Gasteiger partial charge in [0.1, 0.15) is 23.1 Å². The van der Waals surface area contributed by atoms with Crippen molar-refractivity contribution in [3.05, 3.63) is 53.1 Å². The molecule has 158 valence electrons. The Hall–Kier alpha value is -2.60. The number of hydrogen-bond donors (Lipinski definition) is 0. The van der Waals surface area contributed by atoms with Crippen molar-refractivity contribution in [2.75, 3.05) is 19.7 Å². The third-order valence-corrected chi connectivity index (χ3v) is 7.08. The molecule has 0 atom stereocenters. The summed E-state index contributed by atoms with van der Waals surface area (Å²) in [5.41, 5.74) is 0.209. The summed E-state index contributed by atoms with van der Waals surface area (Å²) in [5.74, 6) is 0.142. The van der Waals surface area contributed by atoms with Crippen molar-refractivity contribution in [2.24, 2.45) is 5.92 Å². The van der Waals surface area contributed by atoms with Crippen molar-refractivity contribution in [2.45, 2.75) is 24.7 Å². The third kappa shape index (κ3) is 4.75. The van der Waals surface area contributed by atoms with E-state index < -0.39 is 10.0 Å². The number of rotatable bonds is 6. The van der Waals surface area contributed by atoms with Crippen LogP contribution in [0, 0.1) is 17.2 Å². The average molecular weight is 449 g/mol. The van der Waals surface area contributed by atoms with E-state index in [1.807, 2.05) is 6.07 Å². The number of ether oxygens (including phenoxy) is 2. The topological polar surface area (TPSA) is 96.7 Å². The van der Waals surface area contributed by atoms with Gasteiger partial charge in [0.15, 0.2) is 0 Å². The second kappa shape index (κ2) is 9.47. The number of nitriles is 1. The first-order chi connectivity index (χ1) is 14.4. The molecule has 9 heteroatoms. The van der Waals surface area contributed by atoms with E-state index >= 15 is 0 Å². The fraction of sp³-hybridized carbons (Fsp3) is 0.333. The Balaban J connectivity index is 1.70. The zero-order valence-corrected chi connectivity index (χ0v) is 17.9. The van der Waals surface area contributed by atoms with Gasteiger partial charge in [-0.15, -0.1) is 0 Å². The molecule has 0 amide bonds. The minimum Gasteiger partial charge on any atom is -0.466 e. The average Bonchev–Trinajstić information content (AvgIpc) is 2.74. The first-order valence-corrected chi connectivity index (χ1v) is 11.3. The number of hydrogen-bond acceptors (Lipinski definition) is 6. The van der Waals surface area contributed by atoms with Gasteiger partial charge in [-0.3, -0.25) is 4.79 Å². The molecule has 0 bridgehead atoms. The number of halogens is 1. The van der Waals surface area contributed by atoms with Gasteiger partial charge < -0.3 is 9.47 Å². The second-order valence-corrected chi connectivity index (χ2v) is 9.07. The fourth-order valence-corrected chi connectivity index (χ4v) is 4.92. The second-order valence-electron chi connectivity index (χ2n) is 6.73. The van der Waals surface area contributed by atoms with E-state index in [-0.39, 0.29) is 40.5 Å². The predicted molar refractivity (Wildman–Crippen MR) is 111 cm³/mol. The number of carbonyl (C=O) groups excluding carboxylic acids is 1. The smallest absolute Gasteiger partial charge is 0.309 e. The van der Waals surface area contributed by atoms with Crippen molar-refractivity contribution >= 4 is 27.6 Å². The fourth-order valence-electron chi connectivity index (χ4n) is 3.25. The minimum absolute atomic E-state index is 0.135. The zero-order valence-electron chi connectivity index (χ0n) is 16.4. The molecule has 2 aromatic rings. The van der Waals surface area contributed by atoms with Crippen LogP contribution >= 0.6 is 11.6 Å². The Morgan fingerprint density at radius 2 is 1.87 bits per heavy atom. The summed E-state index contributed by atoms with van der Waals surface area (Å²) < 4.78 is 37.9. The van der Waals surface area contributed by atoms with Gasteiger partial charge in [0.25, 0.3) is 0 Å². The van der Waals surface area contributed by atoms with E-state index in [4.69, 9.17) is 21.1 Å². The highest BCUT2D eigenvalue weighted by molar-refractivity contribution is 7.89. The number of nitrogens with zero attached hydrogens (tertiary/aromatic N) is 2. The van der Waals surface area contributed by atoms with E-state index in [1.54, 1.807) is 25.1 Å². The molecule has 0 N–H and O–H groups in total. The minimum atomic E-state index is -3.68. The Labute approximate surface area is 180 Å². The molecule has 1 aliphatic heterocycles. The molecule has 0 aliphatic carbocycles. The molecule has 1 fully saturated rings. The highest BCUT2D eigenvalue weighted by Gasteiger charge is 2.32. The van der Waals surface area contributed by atoms with E-state index in [9.17, 15) is 18.5 Å². The zero-order chi connectivity index (χ0) is 21.7. The molecular formula is C21H21ClN2O5S. The summed E-state index contributed by atoms with van der Waals surface area (Å²) in [6.07, 6.45) is 0.871. The molecule has 7 nitrogen and oxygen atoms in total. The van der Waals surface area contributed by atoms with E-state index in [0.717, 1.165) is 0 Å². The molecular weight excluding hydrogens is 428 g/mol. The summed E-state index contributed by atoms with van der Waals surface area (Å²) in [5, 5.41) is 9.51. The van der Waals surface area contributed by atoms with Crippen LogP contribution in [-0.2, 0) is 19.6 Å². The van der Waals surface area contributed by atoms with Gasteiger partial charge in [0, 0.05) is 13.1 Å². The molecule has 1 heterocycles. The van der Waals surface area contributed by atoms with Crippen LogP contribution in [0.5, 0.6) is 11.5 Å². The van der Waals surface area contributed by atoms with Gasteiger partial charge in [-0.2, -0.15) is 9.57 Å². The molecule has 0 aromatic heterocycles. The molecule has 1 aliphatic rings. The highest BCUT2D eigenvalue weighted by atomic mass is 35.5. The van der Waals surface area contributed by atoms with Crippen molar-refractivity contribution in [1.29, 1.82) is 5.26 Å². The monoisotopic (exact) mass is 448 g/mol. The number of esters is 1. The lowest BCUT2D eigenvalue weighted by atomic mass is 9.98. The molecule has 30 heavy (non-hydrogen) atoms. The quantitative estimate of drug-likeness (QED) is 0.620. The SMILES string of the molecule is CCOC(=O)C1CCN(S(=O)(=O)c2ccc(Oc3cccc(Cl)c3C#N)cc2)CC1. The van der Waals surface area contributed by atoms with Gasteiger partial charge >= 0.3 is 5.97 Å². The normalized spacial score (nSPS) is 15.4. The van der Waals surface area contributed by atoms with Gasteiger partial charge in [-0.05, 0) is 56.2 Å². The van der Waals surface area contributed by atoms with Crippen LogP contribution in [0.25, 0.3) is 0 Å². The molecule has 0 spiro atoms. The van der Waals surface area contributed by atoms with Crippen molar-refractivity contribution in [1.82, 2.24) is 4.31 Å². The summed E-state index contributed by atoms with van der Waals surface area (Å²) in [7, 11) is -3.68. The number of sulfonamides is 1. The van der Waals surface area contributed by atoms with E-state index in [0.29, 0.717) is 30.9 Å². The van der Waals surface area contributed by atoms with Crippen LogP contribution in [0.2, 0.25) is 5.02 Å². The van der Waals surface area contributed by atoms with E-state index in [2.05, 4.69) is 0 Å². The Kier molecular flexibility index (Phi) is 6.98. The standard InChI is InChI=1S/C21H21ClN2O5S/c1-2-28-21(25)15-10-12-24(13-11-15)30(26,27)17-8-6-16(7-9-17)29-20-5-3-4-19(22)18(20)14-23/h3-9,15H,2,10-13H2,1H3. The van der Waals surface area contributed by atoms with Crippen molar-refractivity contribution in [3.8, 4) is 17.6 Å². The maximum atomic E-state index is 12.9. The van der Waals surface area contributed by atoms with Gasteiger partial charge in [-0.25, -0.2) is 8.42 Å². The van der Waals surface area contributed by atoms with Crippen LogP contribution in [-0.4, -0.2) is 38.4 Å². The summed E-state index contributed by atoms with van der Waals surface area (Å²) in [4.78, 5) is 12.0. The molecule has 0 unspecified atom stereocenters. The highest BCUT2D eigenvalue weighted by Crippen LogP contribution is 2.31. The summed E-state index contributed by atoms with van der Waals surface area (Å²) in [6, 6.07) is 12.8. The lowest BCUT2D eigenvalue weighted by molar-refractivity contribution is -0.149. The maximum Gasteiger partial charge on any atom is 0.309 e. The lowest BCUT2D eigenvalue weighted by Gasteiger charge is -2.30. The van der Waals surface area contributed by atoms with Crippen molar-refractivity contribution < 1.29 is 22.7 Å². The van der Waals surface area contributed by atoms with Crippen LogP contribution in [0.3, 0.4) is 0 Å². The molecule has 0 saturated carbocycles. The number of piperidine rings is 1. The van der Waals surface area contributed by atoms with Crippen LogP contribution in [0.4, 0.5) is 0 Å². The molecule has 2 aromatic carbocycles. The Bertz CT molecular complexity index is 1060. The lowest BCUT2D eigenvalue weighted by Crippen LogP contribution is -2.40. The Morgan fingerprint density at radius 1 is 1.20 bits per heavy atom. The molecule has 1 saturated heterocycles. The largest absolute Gasteiger partial charge is 0.466 e. The molecule has 3 rings (SSSR count). The van der Waals surface area contributed by atoms with Crippen LogP contribution < -0.4 is 4.74 Å². The van der Waals surface area contributed by atoms with Crippen LogP contribution in [0.1, 0.15) is 25.3 Å². The van der Waals surface area contributed by atoms with E-state index in [1.165, 1.54) is 28.6 Å². The van der Waals surface area contributed by atoms with Crippen molar-refractivity contribution in [3.63, 3.8) is 0 Å². The number of carbonyl (C=O) groups is 1. The first-order valence-electron chi connectivity index (χ1n) is 9.50.